The van der Waals surface area contributed by atoms with Crippen LogP contribution in [0.1, 0.15) is 23.1 Å². The fourth-order valence-electron chi connectivity index (χ4n) is 3.38. The van der Waals surface area contributed by atoms with E-state index in [4.69, 9.17) is 0 Å². The lowest BCUT2D eigenvalue weighted by molar-refractivity contribution is -0.131. The van der Waals surface area contributed by atoms with Crippen LogP contribution in [-0.4, -0.2) is 29.9 Å². The Morgan fingerprint density at radius 3 is 2.36 bits per heavy atom. The van der Waals surface area contributed by atoms with E-state index >= 15 is 0 Å². The zero-order chi connectivity index (χ0) is 19.5. The number of hydrogen-bond acceptors (Lipinski definition) is 3. The van der Waals surface area contributed by atoms with E-state index in [2.05, 4.69) is 11.8 Å². The van der Waals surface area contributed by atoms with Gasteiger partial charge in [0.1, 0.15) is 0 Å². The molecular formula is C22H17BN2O3. The minimum Gasteiger partial charge on any atom is -0.326 e. The summed E-state index contributed by atoms with van der Waals surface area (Å²) >= 11 is 0. The molecule has 0 atom stereocenters. The average Bonchev–Trinajstić information content (AvgIpc) is 3.01. The van der Waals surface area contributed by atoms with E-state index in [-0.39, 0.29) is 31.6 Å². The van der Waals surface area contributed by atoms with E-state index < -0.39 is 0 Å². The van der Waals surface area contributed by atoms with Crippen molar-refractivity contribution in [1.82, 2.24) is 4.81 Å². The second-order valence-electron chi connectivity index (χ2n) is 6.67. The normalized spacial score (nSPS) is 14.6. The van der Waals surface area contributed by atoms with E-state index in [1.54, 1.807) is 4.90 Å². The Balaban J connectivity index is 1.55. The molecule has 0 saturated heterocycles. The van der Waals surface area contributed by atoms with Gasteiger partial charge in [0.25, 0.3) is 7.41 Å². The molecule has 2 aromatic carbocycles. The molecule has 2 aromatic rings. The number of imide groups is 1. The Labute approximate surface area is 163 Å². The number of carbonyl (C=O) groups is 3. The molecular weight excluding hydrogens is 351 g/mol. The standard InChI is InChI=1S/C22H17BN2O3/c26-20(13-14-23-25-21(27)11-12-22(25)28)24-15-18-7-2-1-5-16(18)9-10-17-6-3-4-8-19(17)24/h1-8,11-12,23H,13-15H2. The van der Waals surface area contributed by atoms with Crippen LogP contribution in [0.15, 0.2) is 60.7 Å². The number of amides is 3. The molecule has 0 spiro atoms. The summed E-state index contributed by atoms with van der Waals surface area (Å²) in [7, 11) is 0.238. The first-order valence-electron chi connectivity index (χ1n) is 9.16. The average molecular weight is 368 g/mol. The molecule has 0 aliphatic carbocycles. The van der Waals surface area contributed by atoms with Crippen LogP contribution in [0.5, 0.6) is 0 Å². The molecule has 2 aliphatic heterocycles. The Morgan fingerprint density at radius 2 is 1.57 bits per heavy atom. The van der Waals surface area contributed by atoms with Gasteiger partial charge in [-0.05, 0) is 30.1 Å². The fraction of sp³-hybridized carbons (Fsp3) is 0.136. The highest BCUT2D eigenvalue weighted by molar-refractivity contribution is 6.46. The SMILES string of the molecule is O=C1C=CC(=O)N1BCCC(=O)N1Cc2ccccc2C#Cc2ccccc21. The van der Waals surface area contributed by atoms with Gasteiger partial charge in [-0.1, -0.05) is 42.2 Å². The smallest absolute Gasteiger partial charge is 0.250 e. The summed E-state index contributed by atoms with van der Waals surface area (Å²) in [4.78, 5) is 39.3. The van der Waals surface area contributed by atoms with Crippen molar-refractivity contribution in [2.75, 3.05) is 4.90 Å². The molecule has 3 amide bonds. The zero-order valence-corrected chi connectivity index (χ0v) is 15.2. The van der Waals surface area contributed by atoms with Crippen molar-refractivity contribution in [3.05, 3.63) is 77.4 Å². The summed E-state index contributed by atoms with van der Waals surface area (Å²) in [6.45, 7) is 0.434. The molecule has 4 rings (SSSR count). The van der Waals surface area contributed by atoms with Crippen LogP contribution in [0, 0.1) is 11.8 Å². The number of hydrogen-bond donors (Lipinski definition) is 0. The molecule has 0 radical (unpaired) electrons. The van der Waals surface area contributed by atoms with Crippen molar-refractivity contribution in [2.45, 2.75) is 19.3 Å². The quantitative estimate of drug-likeness (QED) is 0.471. The van der Waals surface area contributed by atoms with Crippen LogP contribution in [0.4, 0.5) is 5.69 Å². The van der Waals surface area contributed by atoms with Crippen molar-refractivity contribution in [1.29, 1.82) is 0 Å². The Kier molecular flexibility index (Phi) is 4.82. The van der Waals surface area contributed by atoms with Gasteiger partial charge in [-0.3, -0.25) is 14.4 Å². The zero-order valence-electron chi connectivity index (χ0n) is 15.2. The third kappa shape index (κ3) is 3.47. The third-order valence-electron chi connectivity index (χ3n) is 4.85. The van der Waals surface area contributed by atoms with Crippen LogP contribution in [0.2, 0.25) is 6.32 Å². The highest BCUT2D eigenvalue weighted by Gasteiger charge is 2.25. The van der Waals surface area contributed by atoms with Crippen molar-refractivity contribution in [3.63, 3.8) is 0 Å². The number of fused-ring (bicyclic) bond motifs is 2. The van der Waals surface area contributed by atoms with Gasteiger partial charge < -0.3 is 9.71 Å². The second kappa shape index (κ2) is 7.57. The maximum Gasteiger partial charge on any atom is 0.250 e. The molecule has 0 bridgehead atoms. The van der Waals surface area contributed by atoms with Crippen molar-refractivity contribution >= 4 is 30.8 Å². The van der Waals surface area contributed by atoms with E-state index in [1.807, 2.05) is 48.5 Å². The molecule has 2 heterocycles. The van der Waals surface area contributed by atoms with E-state index in [9.17, 15) is 14.4 Å². The minimum absolute atomic E-state index is 0.0574. The van der Waals surface area contributed by atoms with Crippen molar-refractivity contribution in [3.8, 4) is 11.8 Å². The van der Waals surface area contributed by atoms with Crippen LogP contribution in [0.3, 0.4) is 0 Å². The predicted octanol–water partition coefficient (Wildman–Crippen LogP) is 2.02. The highest BCUT2D eigenvalue weighted by atomic mass is 16.2. The van der Waals surface area contributed by atoms with Crippen molar-refractivity contribution in [2.24, 2.45) is 0 Å². The van der Waals surface area contributed by atoms with Crippen LogP contribution in [0.25, 0.3) is 0 Å². The predicted molar refractivity (Wildman–Crippen MR) is 108 cm³/mol. The fourth-order valence-corrected chi connectivity index (χ4v) is 3.38. The second-order valence-corrected chi connectivity index (χ2v) is 6.67. The highest BCUT2D eigenvalue weighted by Crippen LogP contribution is 2.26. The van der Waals surface area contributed by atoms with E-state index in [1.165, 1.54) is 12.2 Å². The number of carbonyl (C=O) groups excluding carboxylic acids is 3. The van der Waals surface area contributed by atoms with Gasteiger partial charge in [-0.15, -0.1) is 0 Å². The summed E-state index contributed by atoms with van der Waals surface area (Å²) in [6, 6.07) is 15.4. The monoisotopic (exact) mass is 368 g/mol. The lowest BCUT2D eigenvalue weighted by Crippen LogP contribution is -2.35. The Hall–Kier alpha value is -3.59. The molecule has 6 heteroatoms. The molecule has 136 valence electrons. The molecule has 0 unspecified atom stereocenters. The molecule has 0 aromatic heterocycles. The molecule has 2 aliphatic rings. The molecule has 28 heavy (non-hydrogen) atoms. The summed E-state index contributed by atoms with van der Waals surface area (Å²) < 4.78 is 0. The molecule has 0 saturated carbocycles. The number of para-hydroxylation sites is 1. The van der Waals surface area contributed by atoms with Gasteiger partial charge in [0, 0.05) is 29.7 Å². The first kappa shape index (κ1) is 17.8. The number of benzene rings is 2. The summed E-state index contributed by atoms with van der Waals surface area (Å²) in [6.07, 6.45) is 3.17. The Morgan fingerprint density at radius 1 is 0.929 bits per heavy atom. The van der Waals surface area contributed by atoms with Crippen LogP contribution < -0.4 is 4.90 Å². The van der Waals surface area contributed by atoms with Crippen LogP contribution >= 0.6 is 0 Å². The maximum atomic E-state index is 13.0. The topological polar surface area (TPSA) is 57.7 Å². The van der Waals surface area contributed by atoms with Gasteiger partial charge in [0.05, 0.1) is 12.2 Å². The number of anilines is 1. The van der Waals surface area contributed by atoms with Crippen LogP contribution in [-0.2, 0) is 20.9 Å². The number of rotatable bonds is 4. The number of nitrogens with zero attached hydrogens (tertiary/aromatic N) is 2. The van der Waals surface area contributed by atoms with Gasteiger partial charge >= 0.3 is 0 Å². The Bertz CT molecular complexity index is 1050. The third-order valence-corrected chi connectivity index (χ3v) is 4.85. The minimum atomic E-state index is -0.321. The summed E-state index contributed by atoms with van der Waals surface area (Å²) in [5, 5.41) is 0. The molecule has 0 N–H and O–H groups in total. The van der Waals surface area contributed by atoms with Gasteiger partial charge in [-0.25, -0.2) is 0 Å². The molecule has 0 fully saturated rings. The maximum absolute atomic E-state index is 13.0. The van der Waals surface area contributed by atoms with Crippen molar-refractivity contribution < 1.29 is 14.4 Å². The van der Waals surface area contributed by atoms with Gasteiger partial charge in [-0.2, -0.15) is 0 Å². The van der Waals surface area contributed by atoms with Gasteiger partial charge in [0.15, 0.2) is 0 Å². The first-order chi connectivity index (χ1) is 13.6. The first-order valence-corrected chi connectivity index (χ1v) is 9.16. The summed E-state index contributed by atoms with van der Waals surface area (Å²) in [5.41, 5.74) is 3.49. The lowest BCUT2D eigenvalue weighted by atomic mass is 9.84. The largest absolute Gasteiger partial charge is 0.326 e. The van der Waals surface area contributed by atoms with E-state index in [0.717, 1.165) is 27.2 Å². The van der Waals surface area contributed by atoms with E-state index in [0.29, 0.717) is 12.9 Å². The molecule has 5 nitrogen and oxygen atoms in total. The lowest BCUT2D eigenvalue weighted by Gasteiger charge is -2.26. The summed E-state index contributed by atoms with van der Waals surface area (Å²) in [5.74, 6) is 5.66. The van der Waals surface area contributed by atoms with Gasteiger partial charge in [0.2, 0.25) is 17.7 Å².